The number of carbonyl (C=O) groups is 2. The lowest BCUT2D eigenvalue weighted by Gasteiger charge is -2.33. The van der Waals surface area contributed by atoms with Gasteiger partial charge in [-0.1, -0.05) is 40.9 Å². The van der Waals surface area contributed by atoms with Crippen LogP contribution in [-0.4, -0.2) is 57.5 Å². The Bertz CT molecular complexity index is 1580. The van der Waals surface area contributed by atoms with Crippen molar-refractivity contribution in [1.82, 2.24) is 10.2 Å². The number of sulfonamides is 1. The number of carbonyl (C=O) groups excluding carboxylic acids is 2. The average molecular weight is 671 g/mol. The number of hydrogen-bond acceptors (Lipinski definition) is 6. The predicted octanol–water partition coefficient (Wildman–Crippen LogP) is 6.19. The number of benzene rings is 3. The lowest BCUT2D eigenvalue weighted by atomic mass is 10.1. The van der Waals surface area contributed by atoms with Gasteiger partial charge in [-0.2, -0.15) is 0 Å². The van der Waals surface area contributed by atoms with Gasteiger partial charge >= 0.3 is 0 Å². The maximum atomic E-state index is 14.1. The summed E-state index contributed by atoms with van der Waals surface area (Å²) in [5.41, 5.74) is 0.211. The Balaban J connectivity index is 2.09. The first-order valence-corrected chi connectivity index (χ1v) is 15.7. The predicted molar refractivity (Wildman–Crippen MR) is 170 cm³/mol. The van der Waals surface area contributed by atoms with Gasteiger partial charge in [0.05, 0.1) is 34.8 Å². The molecule has 0 unspecified atom stereocenters. The Hall–Kier alpha value is -3.18. The van der Waals surface area contributed by atoms with Crippen LogP contribution in [0.25, 0.3) is 0 Å². The van der Waals surface area contributed by atoms with Gasteiger partial charge in [-0.3, -0.25) is 13.9 Å². The third kappa shape index (κ3) is 8.69. The van der Waals surface area contributed by atoms with Crippen LogP contribution in [0.5, 0.6) is 11.5 Å². The van der Waals surface area contributed by atoms with Crippen molar-refractivity contribution < 1.29 is 27.5 Å². The summed E-state index contributed by atoms with van der Waals surface area (Å²) in [5, 5.41) is 3.87. The fourth-order valence-corrected chi connectivity index (χ4v) is 6.01. The second kappa shape index (κ2) is 14.1. The van der Waals surface area contributed by atoms with E-state index in [1.54, 1.807) is 25.1 Å². The molecule has 3 rings (SSSR count). The number of amides is 2. The van der Waals surface area contributed by atoms with Crippen molar-refractivity contribution in [3.8, 4) is 11.5 Å². The van der Waals surface area contributed by atoms with Crippen LogP contribution in [0, 0.1) is 0 Å². The van der Waals surface area contributed by atoms with Gasteiger partial charge in [-0.25, -0.2) is 8.42 Å². The van der Waals surface area contributed by atoms with Crippen LogP contribution < -0.4 is 19.1 Å². The van der Waals surface area contributed by atoms with Gasteiger partial charge in [0.1, 0.15) is 12.6 Å². The van der Waals surface area contributed by atoms with E-state index in [4.69, 9.17) is 44.3 Å². The molecule has 2 amide bonds. The van der Waals surface area contributed by atoms with Gasteiger partial charge < -0.3 is 19.7 Å². The molecule has 0 spiro atoms. The number of ether oxygens (including phenoxy) is 2. The molecule has 232 valence electrons. The first-order valence-electron chi connectivity index (χ1n) is 13.1. The molecule has 0 aromatic heterocycles. The van der Waals surface area contributed by atoms with Gasteiger partial charge in [0.25, 0.3) is 10.0 Å². The number of anilines is 1. The lowest BCUT2D eigenvalue weighted by molar-refractivity contribution is -0.140. The molecular weight excluding hydrogens is 637 g/mol. The van der Waals surface area contributed by atoms with Crippen molar-refractivity contribution >= 4 is 62.3 Å². The van der Waals surface area contributed by atoms with E-state index in [1.807, 2.05) is 20.8 Å². The minimum absolute atomic E-state index is 0.0423. The highest BCUT2D eigenvalue weighted by atomic mass is 35.5. The number of hydrogen-bond donors (Lipinski definition) is 1. The van der Waals surface area contributed by atoms with Gasteiger partial charge in [0.2, 0.25) is 11.8 Å². The monoisotopic (exact) mass is 669 g/mol. The number of nitrogens with one attached hydrogen (secondary N) is 1. The van der Waals surface area contributed by atoms with Crippen molar-refractivity contribution in [3.63, 3.8) is 0 Å². The maximum absolute atomic E-state index is 14.1. The molecule has 13 heteroatoms. The number of nitrogens with zero attached hydrogens (tertiary/aromatic N) is 2. The highest BCUT2D eigenvalue weighted by Crippen LogP contribution is 2.33. The van der Waals surface area contributed by atoms with Gasteiger partial charge in [-0.15, -0.1) is 0 Å². The molecule has 1 atom stereocenters. The maximum Gasteiger partial charge on any atom is 0.264 e. The summed E-state index contributed by atoms with van der Waals surface area (Å²) in [5.74, 6) is -0.523. The summed E-state index contributed by atoms with van der Waals surface area (Å²) in [6.45, 7) is 6.36. The Morgan fingerprint density at radius 1 is 0.884 bits per heavy atom. The summed E-state index contributed by atoms with van der Waals surface area (Å²) in [7, 11) is -1.52. The van der Waals surface area contributed by atoms with Crippen LogP contribution in [0.2, 0.25) is 15.1 Å². The highest BCUT2D eigenvalue weighted by Gasteiger charge is 2.34. The normalized spacial score (nSPS) is 12.3. The zero-order valence-corrected chi connectivity index (χ0v) is 27.7. The van der Waals surface area contributed by atoms with Gasteiger partial charge in [0, 0.05) is 23.2 Å². The molecule has 0 aliphatic carbocycles. The molecule has 0 saturated heterocycles. The summed E-state index contributed by atoms with van der Waals surface area (Å²) in [6, 6.07) is 14.0. The van der Waals surface area contributed by atoms with E-state index in [1.165, 1.54) is 61.6 Å². The Morgan fingerprint density at radius 3 is 2.07 bits per heavy atom. The van der Waals surface area contributed by atoms with Crippen LogP contribution in [0.3, 0.4) is 0 Å². The molecule has 3 aromatic rings. The van der Waals surface area contributed by atoms with Crippen molar-refractivity contribution in [3.05, 3.63) is 81.3 Å². The van der Waals surface area contributed by atoms with Crippen LogP contribution in [0.1, 0.15) is 33.3 Å². The number of methoxy groups -OCH3 is 2. The third-order valence-corrected chi connectivity index (χ3v) is 9.10. The SMILES string of the molecule is COc1ccc(S(=O)(=O)N(CC(=O)N(Cc2ccc(Cl)c(Cl)c2)[C@H](C)C(=O)NC(C)(C)C)c2ccc(Cl)cc2)cc1OC. The Morgan fingerprint density at radius 2 is 1.51 bits per heavy atom. The summed E-state index contributed by atoms with van der Waals surface area (Å²) in [4.78, 5) is 28.5. The molecule has 0 radical (unpaired) electrons. The van der Waals surface area contributed by atoms with Crippen LogP contribution in [0.4, 0.5) is 5.69 Å². The van der Waals surface area contributed by atoms with E-state index in [9.17, 15) is 18.0 Å². The molecule has 0 aliphatic heterocycles. The summed E-state index contributed by atoms with van der Waals surface area (Å²) < 4.78 is 39.7. The second-order valence-corrected chi connectivity index (χ2v) is 13.8. The van der Waals surface area contributed by atoms with E-state index in [2.05, 4.69) is 5.32 Å². The van der Waals surface area contributed by atoms with E-state index in [-0.39, 0.29) is 27.9 Å². The smallest absolute Gasteiger partial charge is 0.264 e. The molecule has 1 N–H and O–H groups in total. The van der Waals surface area contributed by atoms with Crippen LogP contribution >= 0.6 is 34.8 Å². The van der Waals surface area contributed by atoms with Crippen LogP contribution in [0.15, 0.2) is 65.6 Å². The van der Waals surface area contributed by atoms with Crippen molar-refractivity contribution in [2.45, 2.75) is 50.7 Å². The first-order chi connectivity index (χ1) is 20.1. The first kappa shape index (κ1) is 34.3. The number of rotatable bonds is 11. The zero-order valence-electron chi connectivity index (χ0n) is 24.7. The van der Waals surface area contributed by atoms with Gasteiger partial charge in [-0.05, 0) is 81.8 Å². The second-order valence-electron chi connectivity index (χ2n) is 10.7. The van der Waals surface area contributed by atoms with Crippen molar-refractivity contribution in [1.29, 1.82) is 0 Å². The molecule has 0 saturated carbocycles. The minimum Gasteiger partial charge on any atom is -0.493 e. The average Bonchev–Trinajstić information content (AvgIpc) is 2.95. The molecule has 0 aliphatic rings. The quantitative estimate of drug-likeness (QED) is 0.261. The Kier molecular flexibility index (Phi) is 11.2. The Labute approximate surface area is 267 Å². The topological polar surface area (TPSA) is 105 Å². The highest BCUT2D eigenvalue weighted by molar-refractivity contribution is 7.92. The third-order valence-electron chi connectivity index (χ3n) is 6.34. The molecule has 3 aromatic carbocycles. The van der Waals surface area contributed by atoms with E-state index >= 15 is 0 Å². The fourth-order valence-electron chi connectivity index (χ4n) is 4.13. The largest absolute Gasteiger partial charge is 0.493 e. The number of halogens is 3. The molecule has 0 heterocycles. The van der Waals surface area contributed by atoms with E-state index in [0.29, 0.717) is 21.4 Å². The van der Waals surface area contributed by atoms with Crippen molar-refractivity contribution in [2.24, 2.45) is 0 Å². The fraction of sp³-hybridized carbons (Fsp3) is 0.333. The molecule has 9 nitrogen and oxygen atoms in total. The standard InChI is InChI=1S/C30H34Cl3N3O6S/c1-19(29(38)34-30(2,3)4)35(17-20-7-13-24(32)25(33)15-20)28(37)18-36(22-10-8-21(31)9-11-22)43(39,40)23-12-14-26(41-5)27(16-23)42-6/h7-16,19H,17-18H2,1-6H3,(H,34,38)/t19-/m1/s1. The van der Waals surface area contributed by atoms with Gasteiger partial charge in [0.15, 0.2) is 11.5 Å². The van der Waals surface area contributed by atoms with Crippen molar-refractivity contribution in [2.75, 3.05) is 25.1 Å². The minimum atomic E-state index is -4.34. The zero-order chi connectivity index (χ0) is 32.1. The van der Waals surface area contributed by atoms with Crippen LogP contribution in [-0.2, 0) is 26.2 Å². The molecule has 0 fully saturated rings. The molecular formula is C30H34Cl3N3O6S. The van der Waals surface area contributed by atoms with E-state index in [0.717, 1.165) is 4.31 Å². The van der Waals surface area contributed by atoms with E-state index < -0.39 is 40.0 Å². The molecule has 0 bridgehead atoms. The lowest BCUT2D eigenvalue weighted by Crippen LogP contribution is -2.54. The summed E-state index contributed by atoms with van der Waals surface area (Å²) >= 11 is 18.4. The molecule has 43 heavy (non-hydrogen) atoms. The summed E-state index contributed by atoms with van der Waals surface area (Å²) in [6.07, 6.45) is 0.